The molecule has 1 aromatic heterocycles. The highest BCUT2D eigenvalue weighted by atomic mass is 16.7. The average Bonchev–Trinajstić information content (AvgIpc) is 3.30. The normalized spacial score (nSPS) is 13.8. The van der Waals surface area contributed by atoms with Gasteiger partial charge in [0.15, 0.2) is 17.3 Å². The molecular formula is C21H29N3O4. The van der Waals surface area contributed by atoms with Gasteiger partial charge in [0.25, 0.3) is 5.91 Å². The van der Waals surface area contributed by atoms with Gasteiger partial charge in [-0.1, -0.05) is 19.0 Å². The molecule has 2 aromatic rings. The highest BCUT2D eigenvalue weighted by Gasteiger charge is 2.24. The summed E-state index contributed by atoms with van der Waals surface area (Å²) in [5, 5.41) is 7.09. The van der Waals surface area contributed by atoms with Gasteiger partial charge in [0.05, 0.1) is 5.69 Å². The molecular weight excluding hydrogens is 358 g/mol. The largest absolute Gasteiger partial charge is 0.454 e. The summed E-state index contributed by atoms with van der Waals surface area (Å²) in [6, 6.07) is 5.54. The maximum Gasteiger partial charge on any atom is 0.257 e. The lowest BCUT2D eigenvalue weighted by Gasteiger charge is -2.19. The topological polar surface area (TPSA) is 76.8 Å². The molecule has 0 spiro atoms. The summed E-state index contributed by atoms with van der Waals surface area (Å²) in [6.07, 6.45) is 1.96. The standard InChI is InChI=1S/C21H29N3O4/c1-5-24(6-2)11-7-8-14(3)22-21(25)19-15(4)23-28-20(19)16-9-10-17-18(12-16)27-13-26-17/h9-10,12,14H,5-8,11,13H2,1-4H3,(H,22,25). The molecule has 2 heterocycles. The molecule has 7 nitrogen and oxygen atoms in total. The van der Waals surface area contributed by atoms with Gasteiger partial charge in [-0.05, 0) is 64.5 Å². The Kier molecular flexibility index (Phi) is 6.57. The van der Waals surface area contributed by atoms with Crippen molar-refractivity contribution in [3.8, 4) is 22.8 Å². The molecule has 7 heteroatoms. The van der Waals surface area contributed by atoms with Gasteiger partial charge in [0, 0.05) is 11.6 Å². The SMILES string of the molecule is CCN(CC)CCCC(C)NC(=O)c1c(C)noc1-c1ccc2c(c1)OCO2. The van der Waals surface area contributed by atoms with Crippen LogP contribution in [0.25, 0.3) is 11.3 Å². The number of carbonyl (C=O) groups excluding carboxylic acids is 1. The van der Waals surface area contributed by atoms with Gasteiger partial charge in [-0.3, -0.25) is 4.79 Å². The monoisotopic (exact) mass is 387 g/mol. The van der Waals surface area contributed by atoms with Crippen LogP contribution in [0.1, 0.15) is 49.7 Å². The molecule has 0 saturated heterocycles. The van der Waals surface area contributed by atoms with Crippen LogP contribution in [0.2, 0.25) is 0 Å². The van der Waals surface area contributed by atoms with Gasteiger partial charge in [-0.2, -0.15) is 0 Å². The number of ether oxygens (including phenoxy) is 2. The van der Waals surface area contributed by atoms with Crippen molar-refractivity contribution < 1.29 is 18.8 Å². The second kappa shape index (κ2) is 9.10. The van der Waals surface area contributed by atoms with E-state index in [1.807, 2.05) is 25.1 Å². The van der Waals surface area contributed by atoms with Gasteiger partial charge in [0.1, 0.15) is 5.56 Å². The lowest BCUT2D eigenvalue weighted by Crippen LogP contribution is -2.34. The minimum Gasteiger partial charge on any atom is -0.454 e. The van der Waals surface area contributed by atoms with Gasteiger partial charge >= 0.3 is 0 Å². The van der Waals surface area contributed by atoms with Crippen molar-refractivity contribution in [2.24, 2.45) is 0 Å². The summed E-state index contributed by atoms with van der Waals surface area (Å²) in [6.45, 7) is 11.5. The summed E-state index contributed by atoms with van der Waals surface area (Å²) >= 11 is 0. The molecule has 28 heavy (non-hydrogen) atoms. The summed E-state index contributed by atoms with van der Waals surface area (Å²) in [7, 11) is 0. The predicted octanol–water partition coefficient (Wildman–Crippen LogP) is 3.62. The van der Waals surface area contributed by atoms with E-state index in [-0.39, 0.29) is 18.7 Å². The molecule has 0 radical (unpaired) electrons. The van der Waals surface area contributed by atoms with Gasteiger partial charge < -0.3 is 24.2 Å². The molecule has 1 amide bonds. The second-order valence-corrected chi connectivity index (χ2v) is 7.08. The Morgan fingerprint density at radius 2 is 2.00 bits per heavy atom. The number of aromatic nitrogens is 1. The molecule has 0 bridgehead atoms. The zero-order valence-electron chi connectivity index (χ0n) is 17.1. The number of carbonyl (C=O) groups is 1. The van der Waals surface area contributed by atoms with Crippen molar-refractivity contribution in [3.63, 3.8) is 0 Å². The Morgan fingerprint density at radius 3 is 2.75 bits per heavy atom. The van der Waals surface area contributed by atoms with Crippen molar-refractivity contribution in [1.82, 2.24) is 15.4 Å². The van der Waals surface area contributed by atoms with E-state index in [2.05, 4.69) is 29.2 Å². The third kappa shape index (κ3) is 4.47. The molecule has 0 fully saturated rings. The Hall–Kier alpha value is -2.54. The smallest absolute Gasteiger partial charge is 0.257 e. The molecule has 152 valence electrons. The van der Waals surface area contributed by atoms with Crippen LogP contribution >= 0.6 is 0 Å². The van der Waals surface area contributed by atoms with Crippen LogP contribution in [0.3, 0.4) is 0 Å². The van der Waals surface area contributed by atoms with Crippen LogP contribution < -0.4 is 14.8 Å². The minimum absolute atomic E-state index is 0.0713. The molecule has 1 unspecified atom stereocenters. The van der Waals surface area contributed by atoms with E-state index in [1.54, 1.807) is 6.92 Å². The average molecular weight is 387 g/mol. The summed E-state index contributed by atoms with van der Waals surface area (Å²) < 4.78 is 16.2. The number of aryl methyl sites for hydroxylation is 1. The van der Waals surface area contributed by atoms with E-state index in [9.17, 15) is 4.79 Å². The first-order valence-corrected chi connectivity index (χ1v) is 9.93. The van der Waals surface area contributed by atoms with Crippen LogP contribution in [0, 0.1) is 6.92 Å². The fourth-order valence-electron chi connectivity index (χ4n) is 3.40. The Morgan fingerprint density at radius 1 is 1.25 bits per heavy atom. The molecule has 3 rings (SSSR count). The molecule has 1 N–H and O–H groups in total. The zero-order valence-corrected chi connectivity index (χ0v) is 17.1. The van der Waals surface area contributed by atoms with E-state index in [0.29, 0.717) is 28.5 Å². The lowest BCUT2D eigenvalue weighted by molar-refractivity contribution is 0.0937. The maximum absolute atomic E-state index is 12.9. The number of hydrogen-bond acceptors (Lipinski definition) is 6. The number of nitrogens with one attached hydrogen (secondary N) is 1. The van der Waals surface area contributed by atoms with Crippen LogP contribution in [0.15, 0.2) is 22.7 Å². The molecule has 0 aliphatic carbocycles. The summed E-state index contributed by atoms with van der Waals surface area (Å²) in [4.78, 5) is 15.3. The maximum atomic E-state index is 12.9. The van der Waals surface area contributed by atoms with E-state index < -0.39 is 0 Å². The van der Waals surface area contributed by atoms with E-state index in [4.69, 9.17) is 14.0 Å². The van der Waals surface area contributed by atoms with Crippen molar-refractivity contribution in [2.45, 2.75) is 46.6 Å². The summed E-state index contributed by atoms with van der Waals surface area (Å²) in [5.74, 6) is 1.61. The fourth-order valence-corrected chi connectivity index (χ4v) is 3.40. The van der Waals surface area contributed by atoms with Gasteiger partial charge in [-0.15, -0.1) is 0 Å². The third-order valence-electron chi connectivity index (χ3n) is 5.11. The number of nitrogens with zero attached hydrogens (tertiary/aromatic N) is 2. The highest BCUT2D eigenvalue weighted by molar-refractivity contribution is 6.00. The van der Waals surface area contributed by atoms with Crippen LogP contribution in [0.5, 0.6) is 11.5 Å². The second-order valence-electron chi connectivity index (χ2n) is 7.08. The van der Waals surface area contributed by atoms with E-state index in [1.165, 1.54) is 0 Å². The van der Waals surface area contributed by atoms with E-state index in [0.717, 1.165) is 38.0 Å². The van der Waals surface area contributed by atoms with Crippen LogP contribution in [-0.4, -0.2) is 48.4 Å². The van der Waals surface area contributed by atoms with Crippen molar-refractivity contribution in [3.05, 3.63) is 29.5 Å². The summed E-state index contributed by atoms with van der Waals surface area (Å²) in [5.41, 5.74) is 1.78. The van der Waals surface area contributed by atoms with Gasteiger partial charge in [0.2, 0.25) is 6.79 Å². The Bertz CT molecular complexity index is 814. The number of fused-ring (bicyclic) bond motifs is 1. The molecule has 1 atom stereocenters. The first kappa shape index (κ1) is 20.2. The molecule has 1 aliphatic heterocycles. The van der Waals surface area contributed by atoms with Crippen molar-refractivity contribution >= 4 is 5.91 Å². The zero-order chi connectivity index (χ0) is 20.1. The highest BCUT2D eigenvalue weighted by Crippen LogP contribution is 2.37. The van der Waals surface area contributed by atoms with E-state index >= 15 is 0 Å². The lowest BCUT2D eigenvalue weighted by atomic mass is 10.0. The predicted molar refractivity (Wildman–Crippen MR) is 107 cm³/mol. The number of benzene rings is 1. The number of amides is 1. The fraction of sp³-hybridized carbons (Fsp3) is 0.524. The molecule has 1 aromatic carbocycles. The molecule has 1 aliphatic rings. The third-order valence-corrected chi connectivity index (χ3v) is 5.11. The quantitative estimate of drug-likeness (QED) is 0.708. The van der Waals surface area contributed by atoms with Gasteiger partial charge in [-0.25, -0.2) is 0 Å². The van der Waals surface area contributed by atoms with Crippen LogP contribution in [0.4, 0.5) is 0 Å². The first-order valence-electron chi connectivity index (χ1n) is 9.93. The Labute approximate surface area is 166 Å². The first-order chi connectivity index (χ1) is 13.5. The van der Waals surface area contributed by atoms with Crippen LogP contribution in [-0.2, 0) is 0 Å². The Balaban J connectivity index is 1.67. The number of hydrogen-bond donors (Lipinski definition) is 1. The minimum atomic E-state index is -0.165. The molecule has 0 saturated carbocycles. The number of rotatable bonds is 9. The van der Waals surface area contributed by atoms with Crippen molar-refractivity contribution in [2.75, 3.05) is 26.4 Å². The van der Waals surface area contributed by atoms with Crippen molar-refractivity contribution in [1.29, 1.82) is 0 Å².